The van der Waals surface area contributed by atoms with Gasteiger partial charge in [0, 0.05) is 25.6 Å². The Bertz CT molecular complexity index is 834. The fourth-order valence-corrected chi connectivity index (χ4v) is 5.91. The molecule has 1 aromatic rings. The molecule has 1 aliphatic rings. The van der Waals surface area contributed by atoms with Crippen LogP contribution in [-0.2, 0) is 31.2 Å². The molecule has 0 spiro atoms. The lowest BCUT2D eigenvalue weighted by Crippen LogP contribution is -2.42. The Labute approximate surface area is 149 Å². The molecule has 140 valence electrons. The highest BCUT2D eigenvalue weighted by atomic mass is 32.2. The van der Waals surface area contributed by atoms with Crippen LogP contribution in [-0.4, -0.2) is 57.4 Å². The molecule has 25 heavy (non-hydrogen) atoms. The minimum atomic E-state index is -3.58. The van der Waals surface area contributed by atoms with Crippen LogP contribution in [0.2, 0.25) is 0 Å². The van der Waals surface area contributed by atoms with Gasteiger partial charge >= 0.3 is 0 Å². The highest BCUT2D eigenvalue weighted by Gasteiger charge is 2.36. The number of rotatable bonds is 7. The number of carbonyl (C=O) groups excluding carboxylic acids is 1. The predicted octanol–water partition coefficient (Wildman–Crippen LogP) is 0.450. The van der Waals surface area contributed by atoms with Crippen LogP contribution in [0.1, 0.15) is 24.0 Å². The Morgan fingerprint density at radius 2 is 2.08 bits per heavy atom. The van der Waals surface area contributed by atoms with Crippen LogP contribution in [0.25, 0.3) is 0 Å². The molecule has 0 saturated carbocycles. The lowest BCUT2D eigenvalue weighted by Gasteiger charge is -2.25. The van der Waals surface area contributed by atoms with Crippen molar-refractivity contribution >= 4 is 25.8 Å². The Morgan fingerprint density at radius 1 is 1.36 bits per heavy atom. The summed E-state index contributed by atoms with van der Waals surface area (Å²) in [6.07, 6.45) is 1.32. The van der Waals surface area contributed by atoms with E-state index in [1.54, 1.807) is 0 Å². The quantitative estimate of drug-likeness (QED) is 0.731. The van der Waals surface area contributed by atoms with E-state index in [2.05, 4.69) is 5.32 Å². The van der Waals surface area contributed by atoms with E-state index in [1.807, 2.05) is 31.2 Å². The van der Waals surface area contributed by atoms with Gasteiger partial charge in [-0.2, -0.15) is 4.31 Å². The smallest absolute Gasteiger partial charge is 0.221 e. The van der Waals surface area contributed by atoms with Crippen molar-refractivity contribution in [2.75, 3.05) is 24.3 Å². The first-order chi connectivity index (χ1) is 11.6. The van der Waals surface area contributed by atoms with Gasteiger partial charge < -0.3 is 5.32 Å². The normalized spacial score (nSPS) is 19.9. The van der Waals surface area contributed by atoms with Gasteiger partial charge in [0.05, 0.1) is 17.8 Å². The Morgan fingerprint density at radius 3 is 2.64 bits per heavy atom. The Balaban J connectivity index is 1.91. The van der Waals surface area contributed by atoms with Crippen LogP contribution < -0.4 is 5.32 Å². The number of hydrogen-bond donors (Lipinski definition) is 1. The van der Waals surface area contributed by atoms with Gasteiger partial charge in [-0.25, -0.2) is 16.8 Å². The average molecular weight is 389 g/mol. The van der Waals surface area contributed by atoms with E-state index < -0.39 is 25.9 Å². The van der Waals surface area contributed by atoms with Crippen molar-refractivity contribution < 1.29 is 21.6 Å². The van der Waals surface area contributed by atoms with Gasteiger partial charge in [0.25, 0.3) is 0 Å². The zero-order chi connectivity index (χ0) is 18.7. The molecule has 1 saturated heterocycles. The molecule has 0 radical (unpaired) electrons. The second kappa shape index (κ2) is 7.84. The fraction of sp³-hybridized carbons (Fsp3) is 0.562. The fourth-order valence-electron chi connectivity index (χ4n) is 2.94. The topological polar surface area (TPSA) is 101 Å². The molecule has 1 heterocycles. The predicted molar refractivity (Wildman–Crippen MR) is 96.3 cm³/mol. The molecule has 1 aliphatic heterocycles. The molecule has 7 nitrogen and oxygen atoms in total. The summed E-state index contributed by atoms with van der Waals surface area (Å²) in [4.78, 5) is 12.0. The Kier molecular flexibility index (Phi) is 6.23. The Hall–Kier alpha value is -1.45. The van der Waals surface area contributed by atoms with Gasteiger partial charge in [-0.05, 0) is 18.9 Å². The van der Waals surface area contributed by atoms with E-state index in [0.29, 0.717) is 6.54 Å². The first kappa shape index (κ1) is 19.9. The van der Waals surface area contributed by atoms with Crippen molar-refractivity contribution in [2.45, 2.75) is 32.4 Å². The third kappa shape index (κ3) is 6.09. The molecule has 0 aliphatic carbocycles. The van der Waals surface area contributed by atoms with Gasteiger partial charge in [0.1, 0.15) is 0 Å². The maximum atomic E-state index is 12.0. The van der Waals surface area contributed by atoms with Gasteiger partial charge in [-0.3, -0.25) is 4.79 Å². The monoisotopic (exact) mass is 388 g/mol. The van der Waals surface area contributed by atoms with Crippen LogP contribution in [0, 0.1) is 6.92 Å². The molecule has 1 aromatic carbocycles. The second-order valence-corrected chi connectivity index (χ2v) is 10.6. The van der Waals surface area contributed by atoms with Crippen molar-refractivity contribution in [2.24, 2.45) is 0 Å². The lowest BCUT2D eigenvalue weighted by atomic mass is 10.1. The number of sulfonamides is 1. The highest BCUT2D eigenvalue weighted by Crippen LogP contribution is 2.20. The van der Waals surface area contributed by atoms with Gasteiger partial charge in [-0.1, -0.05) is 29.8 Å². The summed E-state index contributed by atoms with van der Waals surface area (Å²) < 4.78 is 48.3. The summed E-state index contributed by atoms with van der Waals surface area (Å²) >= 11 is 0. The first-order valence-corrected chi connectivity index (χ1v) is 11.7. The summed E-state index contributed by atoms with van der Waals surface area (Å²) in [6, 6.07) is 7.16. The summed E-state index contributed by atoms with van der Waals surface area (Å²) in [5, 5.41) is 2.76. The number of benzene rings is 1. The summed E-state index contributed by atoms with van der Waals surface area (Å²) in [5.74, 6) is -0.454. The van der Waals surface area contributed by atoms with Crippen molar-refractivity contribution in [1.29, 1.82) is 0 Å². The molecule has 1 N–H and O–H groups in total. The van der Waals surface area contributed by atoms with Crippen molar-refractivity contribution in [1.82, 2.24) is 9.62 Å². The summed E-state index contributed by atoms with van der Waals surface area (Å²) in [6.45, 7) is 2.32. The molecule has 2 rings (SSSR count). The van der Waals surface area contributed by atoms with Crippen LogP contribution in [0.4, 0.5) is 0 Å². The van der Waals surface area contributed by atoms with Gasteiger partial charge in [-0.15, -0.1) is 0 Å². The van der Waals surface area contributed by atoms with Crippen LogP contribution in [0.3, 0.4) is 0 Å². The minimum absolute atomic E-state index is 0.00453. The van der Waals surface area contributed by atoms with Crippen LogP contribution in [0.5, 0.6) is 0 Å². The molecule has 1 unspecified atom stereocenters. The van der Waals surface area contributed by atoms with E-state index in [9.17, 15) is 21.6 Å². The van der Waals surface area contributed by atoms with E-state index >= 15 is 0 Å². The van der Waals surface area contributed by atoms with Crippen molar-refractivity contribution in [3.8, 4) is 0 Å². The summed E-state index contributed by atoms with van der Waals surface area (Å²) in [5.41, 5.74) is 2.06. The zero-order valence-electron chi connectivity index (χ0n) is 14.4. The van der Waals surface area contributed by atoms with Crippen molar-refractivity contribution in [3.63, 3.8) is 0 Å². The van der Waals surface area contributed by atoms with Gasteiger partial charge in [0.2, 0.25) is 15.9 Å². The molecular weight excluding hydrogens is 364 g/mol. The van der Waals surface area contributed by atoms with E-state index in [4.69, 9.17) is 0 Å². The van der Waals surface area contributed by atoms with Crippen molar-refractivity contribution in [3.05, 3.63) is 35.4 Å². The van der Waals surface area contributed by atoms with Crippen LogP contribution in [0.15, 0.2) is 24.3 Å². The molecule has 0 aromatic heterocycles. The minimum Gasteiger partial charge on any atom is -0.352 e. The average Bonchev–Trinajstić information content (AvgIpc) is 2.84. The molecule has 1 atom stereocenters. The van der Waals surface area contributed by atoms with E-state index in [1.165, 1.54) is 0 Å². The maximum absolute atomic E-state index is 12.0. The van der Waals surface area contributed by atoms with E-state index in [0.717, 1.165) is 21.7 Å². The molecule has 1 amide bonds. The number of nitrogens with zero attached hydrogens (tertiary/aromatic N) is 1. The number of sulfone groups is 1. The first-order valence-electron chi connectivity index (χ1n) is 8.06. The SMILES string of the molecule is Cc1cccc(CNC(=O)CCN(C2CCS(=O)(=O)C2)S(C)(=O)=O)c1. The zero-order valence-corrected chi connectivity index (χ0v) is 16.1. The largest absolute Gasteiger partial charge is 0.352 e. The molecule has 9 heteroatoms. The number of amides is 1. The van der Waals surface area contributed by atoms with E-state index in [-0.39, 0.29) is 36.8 Å². The number of aryl methyl sites for hydroxylation is 1. The molecule has 0 bridgehead atoms. The van der Waals surface area contributed by atoms with Crippen LogP contribution >= 0.6 is 0 Å². The number of carbonyl (C=O) groups is 1. The van der Waals surface area contributed by atoms with Gasteiger partial charge in [0.15, 0.2) is 9.84 Å². The molecule has 1 fully saturated rings. The standard InChI is InChI=1S/C16H24N2O5S2/c1-13-4-3-5-14(10-13)11-17-16(19)6-8-18(24(2,20)21)15-7-9-25(22,23)12-15/h3-5,10,15H,6-9,11-12H2,1-2H3,(H,17,19). The second-order valence-electron chi connectivity index (χ2n) is 6.45. The highest BCUT2D eigenvalue weighted by molar-refractivity contribution is 7.92. The third-order valence-corrected chi connectivity index (χ3v) is 7.26. The number of hydrogen-bond acceptors (Lipinski definition) is 5. The maximum Gasteiger partial charge on any atom is 0.221 e. The lowest BCUT2D eigenvalue weighted by molar-refractivity contribution is -0.121. The molecular formula is C16H24N2O5S2. The third-order valence-electron chi connectivity index (χ3n) is 4.17. The summed E-state index contributed by atoms with van der Waals surface area (Å²) in [7, 11) is -6.77. The number of nitrogens with one attached hydrogen (secondary N) is 1.